The predicted molar refractivity (Wildman–Crippen MR) is 86.0 cm³/mol. The molecule has 0 N–H and O–H groups in total. The quantitative estimate of drug-likeness (QED) is 0.868. The van der Waals surface area contributed by atoms with Crippen molar-refractivity contribution in [1.82, 2.24) is 14.8 Å². The third kappa shape index (κ3) is 2.91. The molecule has 0 aliphatic carbocycles. The van der Waals surface area contributed by atoms with Gasteiger partial charge in [0.15, 0.2) is 0 Å². The lowest BCUT2D eigenvalue weighted by molar-refractivity contribution is -0.121. The van der Waals surface area contributed by atoms with Crippen molar-refractivity contribution in [2.24, 2.45) is 0 Å². The van der Waals surface area contributed by atoms with Crippen LogP contribution in [0.5, 0.6) is 0 Å². The number of aromatic nitrogens is 3. The first-order chi connectivity index (χ1) is 11.1. The average Bonchev–Trinajstić information content (AvgIpc) is 3.08. The van der Waals surface area contributed by atoms with E-state index in [1.807, 2.05) is 0 Å². The van der Waals surface area contributed by atoms with Gasteiger partial charge in [0.05, 0.1) is 11.4 Å². The van der Waals surface area contributed by atoms with Gasteiger partial charge in [-0.05, 0) is 31.5 Å². The maximum atomic E-state index is 13.7. The normalized spacial score (nSPS) is 15.4. The van der Waals surface area contributed by atoms with Gasteiger partial charge in [0, 0.05) is 19.6 Å². The molecule has 1 amide bonds. The molecule has 122 valence electrons. The molecule has 0 radical (unpaired) electrons. The molecule has 0 unspecified atom stereocenters. The highest BCUT2D eigenvalue weighted by Crippen LogP contribution is 2.35. The number of nitrogens with zero attached hydrogens (tertiary/aromatic N) is 5. The number of hydrogen-bond acceptors (Lipinski definition) is 4. The van der Waals surface area contributed by atoms with Gasteiger partial charge >= 0.3 is 0 Å². The molecule has 1 aliphatic heterocycles. The molecule has 1 aromatic carbocycles. The molecule has 6 nitrogen and oxygen atoms in total. The van der Waals surface area contributed by atoms with Crippen LogP contribution in [0.2, 0.25) is 0 Å². The highest BCUT2D eigenvalue weighted by molar-refractivity contribution is 5.99. The fourth-order valence-corrected chi connectivity index (χ4v) is 2.93. The second-order valence-corrected chi connectivity index (χ2v) is 5.66. The van der Waals surface area contributed by atoms with Crippen LogP contribution in [0.15, 0.2) is 30.9 Å². The van der Waals surface area contributed by atoms with Crippen molar-refractivity contribution >= 4 is 17.3 Å². The van der Waals surface area contributed by atoms with Crippen LogP contribution in [-0.2, 0) is 4.79 Å². The lowest BCUT2D eigenvalue weighted by Crippen LogP contribution is -2.46. The van der Waals surface area contributed by atoms with E-state index < -0.39 is 6.04 Å². The second kappa shape index (κ2) is 6.36. The second-order valence-electron chi connectivity index (χ2n) is 5.66. The Morgan fingerprint density at radius 3 is 2.87 bits per heavy atom. The Labute approximate surface area is 134 Å². The summed E-state index contributed by atoms with van der Waals surface area (Å²) in [5.41, 5.74) is 1.53. The van der Waals surface area contributed by atoms with Crippen molar-refractivity contribution in [1.29, 1.82) is 0 Å². The van der Waals surface area contributed by atoms with Crippen molar-refractivity contribution in [2.75, 3.05) is 29.4 Å². The van der Waals surface area contributed by atoms with E-state index in [1.165, 1.54) is 29.5 Å². The molecule has 7 heteroatoms. The van der Waals surface area contributed by atoms with Gasteiger partial charge in [-0.25, -0.2) is 14.1 Å². The van der Waals surface area contributed by atoms with Crippen molar-refractivity contribution in [2.45, 2.75) is 26.3 Å². The smallest absolute Gasteiger partial charge is 0.251 e. The summed E-state index contributed by atoms with van der Waals surface area (Å²) in [6, 6.07) is 4.14. The SMILES string of the molecule is CCCN1CCN(C(=O)[C@H](C)n2cncn2)c2cc(F)ccc21. The third-order valence-electron chi connectivity index (χ3n) is 4.11. The summed E-state index contributed by atoms with van der Waals surface area (Å²) in [6.07, 6.45) is 3.92. The minimum Gasteiger partial charge on any atom is -0.368 e. The number of halogens is 1. The third-order valence-corrected chi connectivity index (χ3v) is 4.11. The Morgan fingerprint density at radius 1 is 1.35 bits per heavy atom. The number of hydrogen-bond donors (Lipinski definition) is 0. The Hall–Kier alpha value is -2.44. The van der Waals surface area contributed by atoms with Crippen LogP contribution in [0.3, 0.4) is 0 Å². The summed E-state index contributed by atoms with van der Waals surface area (Å²) in [6.45, 7) is 6.04. The maximum Gasteiger partial charge on any atom is 0.251 e. The predicted octanol–water partition coefficient (Wildman–Crippen LogP) is 2.24. The van der Waals surface area contributed by atoms with E-state index >= 15 is 0 Å². The first kappa shape index (κ1) is 15.5. The minimum absolute atomic E-state index is 0.113. The lowest BCUT2D eigenvalue weighted by atomic mass is 10.1. The number of amides is 1. The molecular formula is C16H20FN5O. The molecule has 0 fully saturated rings. The van der Waals surface area contributed by atoms with E-state index in [0.717, 1.165) is 25.2 Å². The topological polar surface area (TPSA) is 54.3 Å². The molecule has 0 saturated carbocycles. The molecule has 1 aliphatic rings. The number of anilines is 2. The van der Waals surface area contributed by atoms with E-state index in [0.29, 0.717) is 12.2 Å². The van der Waals surface area contributed by atoms with Crippen molar-refractivity contribution in [3.63, 3.8) is 0 Å². The molecule has 3 rings (SSSR count). The van der Waals surface area contributed by atoms with Gasteiger partial charge in [-0.3, -0.25) is 4.79 Å². The lowest BCUT2D eigenvalue weighted by Gasteiger charge is -2.38. The zero-order valence-electron chi connectivity index (χ0n) is 13.3. The largest absolute Gasteiger partial charge is 0.368 e. The van der Waals surface area contributed by atoms with Gasteiger partial charge in [0.2, 0.25) is 0 Å². The van der Waals surface area contributed by atoms with E-state index in [-0.39, 0.29) is 11.7 Å². The van der Waals surface area contributed by atoms with E-state index in [2.05, 4.69) is 21.9 Å². The molecular weight excluding hydrogens is 297 g/mol. The molecule has 0 bridgehead atoms. The van der Waals surface area contributed by atoms with E-state index in [4.69, 9.17) is 0 Å². The summed E-state index contributed by atoms with van der Waals surface area (Å²) >= 11 is 0. The van der Waals surface area contributed by atoms with Gasteiger partial charge in [0.1, 0.15) is 24.5 Å². The zero-order chi connectivity index (χ0) is 16.4. The molecule has 1 aromatic heterocycles. The van der Waals surface area contributed by atoms with Gasteiger partial charge < -0.3 is 9.80 Å². The fraction of sp³-hybridized carbons (Fsp3) is 0.438. The highest BCUT2D eigenvalue weighted by atomic mass is 19.1. The number of benzene rings is 1. The summed E-state index contributed by atoms with van der Waals surface area (Å²) in [5.74, 6) is -0.452. The number of rotatable bonds is 4. The Bertz CT molecular complexity index is 688. The highest BCUT2D eigenvalue weighted by Gasteiger charge is 2.30. The maximum absolute atomic E-state index is 13.7. The molecule has 23 heavy (non-hydrogen) atoms. The van der Waals surface area contributed by atoms with Crippen LogP contribution in [0.1, 0.15) is 26.3 Å². The summed E-state index contributed by atoms with van der Waals surface area (Å²) in [5, 5.41) is 4.02. The first-order valence-corrected chi connectivity index (χ1v) is 7.81. The van der Waals surface area contributed by atoms with Gasteiger partial charge in [-0.1, -0.05) is 6.92 Å². The number of carbonyl (C=O) groups is 1. The first-order valence-electron chi connectivity index (χ1n) is 7.81. The van der Waals surface area contributed by atoms with Crippen LogP contribution in [0.4, 0.5) is 15.8 Å². The van der Waals surface area contributed by atoms with Gasteiger partial charge in [-0.15, -0.1) is 0 Å². The molecule has 2 aromatic rings. The minimum atomic E-state index is -0.480. The Morgan fingerprint density at radius 2 is 2.17 bits per heavy atom. The standard InChI is InChI=1S/C16H20FN5O/c1-3-6-20-7-8-21(15-9-13(17)4-5-14(15)20)16(23)12(2)22-11-18-10-19-22/h4-5,9-12H,3,6-8H2,1-2H3/t12-/m0/s1. The zero-order valence-corrected chi connectivity index (χ0v) is 13.3. The number of fused-ring (bicyclic) bond motifs is 1. The molecule has 0 spiro atoms. The van der Waals surface area contributed by atoms with Crippen LogP contribution >= 0.6 is 0 Å². The Kier molecular flexibility index (Phi) is 4.27. The Balaban J connectivity index is 1.93. The van der Waals surface area contributed by atoms with Gasteiger partial charge in [0.25, 0.3) is 5.91 Å². The monoisotopic (exact) mass is 317 g/mol. The van der Waals surface area contributed by atoms with Crippen LogP contribution in [-0.4, -0.2) is 40.3 Å². The molecule has 1 atom stereocenters. The number of carbonyl (C=O) groups excluding carboxylic acids is 1. The van der Waals surface area contributed by atoms with Crippen molar-refractivity contribution < 1.29 is 9.18 Å². The van der Waals surface area contributed by atoms with Gasteiger partial charge in [-0.2, -0.15) is 5.10 Å². The summed E-state index contributed by atoms with van der Waals surface area (Å²) < 4.78 is 15.2. The average molecular weight is 317 g/mol. The van der Waals surface area contributed by atoms with Crippen LogP contribution in [0.25, 0.3) is 0 Å². The van der Waals surface area contributed by atoms with E-state index in [9.17, 15) is 9.18 Å². The van der Waals surface area contributed by atoms with Crippen LogP contribution < -0.4 is 9.80 Å². The molecule has 2 heterocycles. The summed E-state index contributed by atoms with van der Waals surface area (Å²) in [7, 11) is 0. The van der Waals surface area contributed by atoms with Crippen LogP contribution in [0, 0.1) is 5.82 Å². The molecule has 0 saturated heterocycles. The van der Waals surface area contributed by atoms with E-state index in [1.54, 1.807) is 17.9 Å². The van der Waals surface area contributed by atoms with Crippen molar-refractivity contribution in [3.05, 3.63) is 36.7 Å². The van der Waals surface area contributed by atoms with Crippen molar-refractivity contribution in [3.8, 4) is 0 Å². The fourth-order valence-electron chi connectivity index (χ4n) is 2.93. The summed E-state index contributed by atoms with van der Waals surface area (Å²) in [4.78, 5) is 20.6.